The molecular weight excluding hydrogens is 470 g/mol. The molecule has 0 unspecified atom stereocenters. The van der Waals surface area contributed by atoms with Crippen LogP contribution in [-0.4, -0.2) is 21.2 Å². The number of nitrogens with zero attached hydrogens (tertiary/aromatic N) is 2. The summed E-state index contributed by atoms with van der Waals surface area (Å²) in [5, 5.41) is 8.31. The zero-order valence-electron chi connectivity index (χ0n) is 19.3. The van der Waals surface area contributed by atoms with Crippen LogP contribution in [0.3, 0.4) is 0 Å². The van der Waals surface area contributed by atoms with E-state index in [0.717, 1.165) is 27.3 Å². The van der Waals surface area contributed by atoms with Crippen LogP contribution in [0, 0.1) is 0 Å². The molecule has 1 aromatic carbocycles. The average molecular weight is 498 g/mol. The van der Waals surface area contributed by atoms with Crippen molar-refractivity contribution in [3.05, 3.63) is 62.6 Å². The maximum Gasteiger partial charge on any atom is 0.263 e. The van der Waals surface area contributed by atoms with Crippen LogP contribution in [0.15, 0.2) is 51.0 Å². The number of benzene rings is 1. The van der Waals surface area contributed by atoms with Gasteiger partial charge in [0.1, 0.15) is 4.83 Å². The summed E-state index contributed by atoms with van der Waals surface area (Å²) < 4.78 is 1.55. The monoisotopic (exact) mass is 497 g/mol. The Hall–Kier alpha value is -2.42. The largest absolute Gasteiger partial charge is 0.325 e. The Morgan fingerprint density at radius 3 is 2.39 bits per heavy atom. The molecule has 172 valence electrons. The third kappa shape index (κ3) is 4.78. The van der Waals surface area contributed by atoms with E-state index in [-0.39, 0.29) is 17.2 Å². The summed E-state index contributed by atoms with van der Waals surface area (Å²) in [6.07, 6.45) is 0. The van der Waals surface area contributed by atoms with Gasteiger partial charge in [0.05, 0.1) is 11.1 Å². The van der Waals surface area contributed by atoms with E-state index in [1.54, 1.807) is 23.0 Å². The molecule has 4 rings (SSSR count). The van der Waals surface area contributed by atoms with Gasteiger partial charge in [-0.3, -0.25) is 14.2 Å². The van der Waals surface area contributed by atoms with Gasteiger partial charge in [-0.15, -0.1) is 22.7 Å². The van der Waals surface area contributed by atoms with E-state index < -0.39 is 0 Å². The van der Waals surface area contributed by atoms with Crippen LogP contribution >= 0.6 is 34.4 Å². The van der Waals surface area contributed by atoms with Gasteiger partial charge >= 0.3 is 0 Å². The second-order valence-electron chi connectivity index (χ2n) is 8.52. The normalized spacial score (nSPS) is 11.6. The molecule has 1 N–H and O–H groups in total. The Balaban J connectivity index is 1.57. The zero-order chi connectivity index (χ0) is 23.7. The molecule has 0 aliphatic heterocycles. The highest BCUT2D eigenvalue weighted by molar-refractivity contribution is 7.99. The highest BCUT2D eigenvalue weighted by Gasteiger charge is 2.19. The van der Waals surface area contributed by atoms with Gasteiger partial charge in [-0.2, -0.15) is 0 Å². The molecule has 0 aliphatic rings. The smallest absolute Gasteiger partial charge is 0.263 e. The predicted octanol–water partition coefficient (Wildman–Crippen LogP) is 6.70. The van der Waals surface area contributed by atoms with E-state index in [9.17, 15) is 9.59 Å². The van der Waals surface area contributed by atoms with Crippen molar-refractivity contribution in [3.63, 3.8) is 0 Å². The number of thiophene rings is 2. The molecule has 0 spiro atoms. The average Bonchev–Trinajstić information content (AvgIpc) is 3.44. The number of para-hydroxylation sites is 1. The van der Waals surface area contributed by atoms with Crippen LogP contribution in [0.1, 0.15) is 50.7 Å². The number of carbonyl (C=O) groups excluding carboxylic acids is 1. The zero-order valence-corrected chi connectivity index (χ0v) is 21.8. The standard InChI is InChI=1S/C25H27N3O2S3/c1-14(2)16-8-6-9-17(15(3)4)22(16)26-20(29)13-33-25-27-23-21(24(30)28(25)5)18(12-32-23)19-10-7-11-31-19/h6-12,14-15H,13H2,1-5H3,(H,26,29). The Morgan fingerprint density at radius 1 is 1.09 bits per heavy atom. The fourth-order valence-electron chi connectivity index (χ4n) is 3.80. The van der Waals surface area contributed by atoms with Crippen LogP contribution in [0.25, 0.3) is 20.7 Å². The number of aromatic nitrogens is 2. The molecule has 3 heterocycles. The van der Waals surface area contributed by atoms with Gasteiger partial charge in [0, 0.05) is 28.6 Å². The van der Waals surface area contributed by atoms with Crippen molar-refractivity contribution < 1.29 is 4.79 Å². The Kier molecular flexibility index (Phi) is 7.07. The lowest BCUT2D eigenvalue weighted by Gasteiger charge is -2.20. The maximum absolute atomic E-state index is 13.1. The molecule has 8 heteroatoms. The first-order chi connectivity index (χ1) is 15.8. The van der Waals surface area contributed by atoms with Crippen molar-refractivity contribution >= 4 is 56.2 Å². The number of carbonyl (C=O) groups is 1. The summed E-state index contributed by atoms with van der Waals surface area (Å²) in [4.78, 5) is 32.5. The van der Waals surface area contributed by atoms with E-state index in [2.05, 4.69) is 51.2 Å². The van der Waals surface area contributed by atoms with Crippen LogP contribution in [0.2, 0.25) is 0 Å². The third-order valence-electron chi connectivity index (χ3n) is 5.53. The first-order valence-corrected chi connectivity index (χ1v) is 13.6. The number of rotatable bonds is 7. The molecule has 4 aromatic rings. The van der Waals surface area contributed by atoms with E-state index >= 15 is 0 Å². The quantitative estimate of drug-likeness (QED) is 0.228. The first-order valence-electron chi connectivity index (χ1n) is 10.9. The molecule has 33 heavy (non-hydrogen) atoms. The van der Waals surface area contributed by atoms with E-state index in [1.807, 2.05) is 22.9 Å². The number of hydrogen-bond donors (Lipinski definition) is 1. The molecule has 0 aliphatic carbocycles. The van der Waals surface area contributed by atoms with Crippen LogP contribution in [0.4, 0.5) is 5.69 Å². The Morgan fingerprint density at radius 2 is 1.79 bits per heavy atom. The molecule has 0 bridgehead atoms. The van der Waals surface area contributed by atoms with E-state index in [4.69, 9.17) is 4.98 Å². The number of nitrogens with one attached hydrogen (secondary N) is 1. The maximum atomic E-state index is 13.1. The molecule has 1 amide bonds. The van der Waals surface area contributed by atoms with Gasteiger partial charge in [0.15, 0.2) is 5.16 Å². The lowest BCUT2D eigenvalue weighted by atomic mass is 9.92. The fraction of sp³-hybridized carbons (Fsp3) is 0.320. The van der Waals surface area contributed by atoms with Crippen molar-refractivity contribution in [1.82, 2.24) is 9.55 Å². The minimum absolute atomic E-state index is 0.0835. The lowest BCUT2D eigenvalue weighted by molar-refractivity contribution is -0.113. The number of hydrogen-bond acceptors (Lipinski definition) is 6. The summed E-state index contributed by atoms with van der Waals surface area (Å²) >= 11 is 4.36. The fourth-order valence-corrected chi connectivity index (χ4v) is 6.37. The topological polar surface area (TPSA) is 64.0 Å². The van der Waals surface area contributed by atoms with Gasteiger partial charge in [-0.05, 0) is 34.4 Å². The van der Waals surface area contributed by atoms with Gasteiger partial charge < -0.3 is 5.32 Å². The second kappa shape index (κ2) is 9.83. The Labute approximate surface area is 205 Å². The molecule has 0 saturated carbocycles. The van der Waals surface area contributed by atoms with Gasteiger partial charge in [-0.1, -0.05) is 63.7 Å². The van der Waals surface area contributed by atoms with Crippen molar-refractivity contribution in [3.8, 4) is 10.4 Å². The minimum Gasteiger partial charge on any atom is -0.325 e. The van der Waals surface area contributed by atoms with Crippen molar-refractivity contribution in [1.29, 1.82) is 0 Å². The summed E-state index contributed by atoms with van der Waals surface area (Å²) in [7, 11) is 1.72. The van der Waals surface area contributed by atoms with E-state index in [0.29, 0.717) is 27.2 Å². The minimum atomic E-state index is -0.102. The van der Waals surface area contributed by atoms with Crippen LogP contribution < -0.4 is 10.9 Å². The number of fused-ring (bicyclic) bond motifs is 1. The highest BCUT2D eigenvalue weighted by atomic mass is 32.2. The van der Waals surface area contributed by atoms with Crippen molar-refractivity contribution in [2.24, 2.45) is 7.05 Å². The van der Waals surface area contributed by atoms with Gasteiger partial charge in [-0.25, -0.2) is 4.98 Å². The SMILES string of the molecule is CC(C)c1cccc(C(C)C)c1NC(=O)CSc1nc2scc(-c3cccs3)c2c(=O)n1C. The van der Waals surface area contributed by atoms with Crippen LogP contribution in [-0.2, 0) is 11.8 Å². The molecule has 0 atom stereocenters. The third-order valence-corrected chi connectivity index (χ3v) is 8.34. The van der Waals surface area contributed by atoms with Crippen molar-refractivity contribution in [2.75, 3.05) is 11.1 Å². The highest BCUT2D eigenvalue weighted by Crippen LogP contribution is 2.35. The van der Waals surface area contributed by atoms with Gasteiger partial charge in [0.2, 0.25) is 5.91 Å². The predicted molar refractivity (Wildman–Crippen MR) is 142 cm³/mol. The number of thioether (sulfide) groups is 1. The molecule has 0 fully saturated rings. The molecule has 3 aromatic heterocycles. The molecule has 0 radical (unpaired) electrons. The summed E-state index contributed by atoms with van der Waals surface area (Å²) in [6.45, 7) is 8.52. The summed E-state index contributed by atoms with van der Waals surface area (Å²) in [5.74, 6) is 0.675. The summed E-state index contributed by atoms with van der Waals surface area (Å²) in [5.41, 5.74) is 4.01. The lowest BCUT2D eigenvalue weighted by Crippen LogP contribution is -2.22. The van der Waals surface area contributed by atoms with Crippen LogP contribution in [0.5, 0.6) is 0 Å². The van der Waals surface area contributed by atoms with E-state index in [1.165, 1.54) is 23.1 Å². The molecular formula is C25H27N3O2S3. The summed E-state index contributed by atoms with van der Waals surface area (Å²) in [6, 6.07) is 10.2. The second-order valence-corrected chi connectivity index (χ2v) is 11.3. The Bertz CT molecular complexity index is 1330. The van der Waals surface area contributed by atoms with Gasteiger partial charge in [0.25, 0.3) is 5.56 Å². The van der Waals surface area contributed by atoms with Crippen molar-refractivity contribution in [2.45, 2.75) is 44.7 Å². The first kappa shape index (κ1) is 23.7. The number of anilines is 1. The molecule has 0 saturated heterocycles. The molecule has 5 nitrogen and oxygen atoms in total. The number of amides is 1.